The van der Waals surface area contributed by atoms with E-state index in [1.54, 1.807) is 19.1 Å². The van der Waals surface area contributed by atoms with E-state index in [1.165, 1.54) is 7.11 Å². The molecule has 1 aromatic rings. The second kappa shape index (κ2) is 7.63. The van der Waals surface area contributed by atoms with Crippen molar-refractivity contribution < 1.29 is 19.4 Å². The molecule has 0 aromatic heterocycles. The molecule has 0 heterocycles. The van der Waals surface area contributed by atoms with Crippen LogP contribution in [-0.4, -0.2) is 30.8 Å². The van der Waals surface area contributed by atoms with Gasteiger partial charge in [-0.25, -0.2) is 0 Å². The van der Waals surface area contributed by atoms with E-state index < -0.39 is 0 Å². The van der Waals surface area contributed by atoms with Gasteiger partial charge < -0.3 is 20.3 Å². The van der Waals surface area contributed by atoms with Crippen molar-refractivity contribution in [1.82, 2.24) is 0 Å². The van der Waals surface area contributed by atoms with Crippen LogP contribution in [0, 0.1) is 0 Å². The second-order valence-electron chi connectivity index (χ2n) is 4.31. The van der Waals surface area contributed by atoms with Gasteiger partial charge in [0.05, 0.1) is 13.7 Å². The number of carbonyl (C=O) groups is 1. The van der Waals surface area contributed by atoms with Gasteiger partial charge in [-0.05, 0) is 37.5 Å². The van der Waals surface area contributed by atoms with Gasteiger partial charge in [0.2, 0.25) is 0 Å². The Morgan fingerprint density at radius 3 is 2.79 bits per heavy atom. The van der Waals surface area contributed by atoms with Crippen molar-refractivity contribution in [3.63, 3.8) is 0 Å². The molecule has 5 heteroatoms. The molecule has 3 N–H and O–H groups in total. The summed E-state index contributed by atoms with van der Waals surface area (Å²) < 4.78 is 9.81. The third kappa shape index (κ3) is 5.18. The molecule has 1 aromatic carbocycles. The lowest BCUT2D eigenvalue weighted by atomic mass is 10.0. The lowest BCUT2D eigenvalue weighted by Gasteiger charge is -2.12. The van der Waals surface area contributed by atoms with Gasteiger partial charge in [-0.15, -0.1) is 0 Å². The molecule has 0 aliphatic heterocycles. The molecule has 0 aliphatic rings. The first kappa shape index (κ1) is 15.3. The average Bonchev–Trinajstić information content (AvgIpc) is 2.37. The molecule has 19 heavy (non-hydrogen) atoms. The number of esters is 1. The van der Waals surface area contributed by atoms with Crippen molar-refractivity contribution in [3.8, 4) is 11.5 Å². The van der Waals surface area contributed by atoms with Crippen molar-refractivity contribution in [3.05, 3.63) is 23.8 Å². The second-order valence-corrected chi connectivity index (χ2v) is 4.31. The lowest BCUT2D eigenvalue weighted by molar-refractivity contribution is -0.143. The summed E-state index contributed by atoms with van der Waals surface area (Å²) in [5.41, 5.74) is 6.86. The maximum Gasteiger partial charge on any atom is 0.305 e. The molecule has 1 unspecified atom stereocenters. The molecule has 0 amide bonds. The zero-order chi connectivity index (χ0) is 14.3. The molecule has 0 aliphatic carbocycles. The predicted molar refractivity (Wildman–Crippen MR) is 72.2 cm³/mol. The molecular weight excluding hydrogens is 246 g/mol. The van der Waals surface area contributed by atoms with Crippen LogP contribution in [0.25, 0.3) is 0 Å². The van der Waals surface area contributed by atoms with E-state index in [-0.39, 0.29) is 17.8 Å². The Balaban J connectivity index is 2.46. The summed E-state index contributed by atoms with van der Waals surface area (Å²) in [5, 5.41) is 9.65. The Bertz CT molecular complexity index is 420. The first-order valence-corrected chi connectivity index (χ1v) is 6.33. The van der Waals surface area contributed by atoms with Crippen LogP contribution in [0.5, 0.6) is 11.5 Å². The Morgan fingerprint density at radius 2 is 2.21 bits per heavy atom. The van der Waals surface area contributed by atoms with Gasteiger partial charge in [-0.2, -0.15) is 0 Å². The Hall–Kier alpha value is -1.75. The van der Waals surface area contributed by atoms with Gasteiger partial charge in [-0.3, -0.25) is 4.79 Å². The van der Waals surface area contributed by atoms with Crippen LogP contribution in [0.1, 0.15) is 25.3 Å². The van der Waals surface area contributed by atoms with E-state index >= 15 is 0 Å². The van der Waals surface area contributed by atoms with Crippen LogP contribution in [0.4, 0.5) is 0 Å². The molecule has 0 spiro atoms. The van der Waals surface area contributed by atoms with Crippen LogP contribution in [0.15, 0.2) is 18.2 Å². The fourth-order valence-electron chi connectivity index (χ4n) is 1.80. The summed E-state index contributed by atoms with van der Waals surface area (Å²) in [4.78, 5) is 11.2. The third-order valence-electron chi connectivity index (χ3n) is 2.77. The van der Waals surface area contributed by atoms with Gasteiger partial charge in [0.25, 0.3) is 0 Å². The summed E-state index contributed by atoms with van der Waals surface area (Å²) in [6.45, 7) is 2.17. The highest BCUT2D eigenvalue weighted by Crippen LogP contribution is 2.26. The molecule has 0 saturated heterocycles. The number of ether oxygens (including phenoxy) is 2. The average molecular weight is 267 g/mol. The number of methoxy groups -OCH3 is 1. The number of aromatic hydroxyl groups is 1. The minimum absolute atomic E-state index is 0.0950. The van der Waals surface area contributed by atoms with Gasteiger partial charge in [0.1, 0.15) is 0 Å². The number of nitrogens with two attached hydrogens (primary N) is 1. The zero-order valence-electron chi connectivity index (χ0n) is 11.4. The number of hydrogen-bond donors (Lipinski definition) is 2. The van der Waals surface area contributed by atoms with E-state index in [1.807, 2.05) is 6.07 Å². The molecule has 1 atom stereocenters. The fourth-order valence-corrected chi connectivity index (χ4v) is 1.80. The van der Waals surface area contributed by atoms with E-state index in [2.05, 4.69) is 0 Å². The standard InChI is InChI=1S/C14H21NO4/c1-3-19-14(17)7-5-11(15)8-10-4-6-13(18-2)12(16)9-10/h4,6,9,11,16H,3,5,7-8,15H2,1-2H3. The van der Waals surface area contributed by atoms with Gasteiger partial charge in [0, 0.05) is 12.5 Å². The highest BCUT2D eigenvalue weighted by atomic mass is 16.5. The van der Waals surface area contributed by atoms with E-state index in [0.29, 0.717) is 31.6 Å². The van der Waals surface area contributed by atoms with E-state index in [0.717, 1.165) is 5.56 Å². The monoisotopic (exact) mass is 267 g/mol. The fraction of sp³-hybridized carbons (Fsp3) is 0.500. The minimum Gasteiger partial charge on any atom is -0.504 e. The Kier molecular flexibility index (Phi) is 6.15. The van der Waals surface area contributed by atoms with Crippen molar-refractivity contribution in [1.29, 1.82) is 0 Å². The summed E-state index contributed by atoms with van der Waals surface area (Å²) >= 11 is 0. The van der Waals surface area contributed by atoms with Crippen molar-refractivity contribution >= 4 is 5.97 Å². The SMILES string of the molecule is CCOC(=O)CCC(N)Cc1ccc(OC)c(O)c1. The zero-order valence-corrected chi connectivity index (χ0v) is 11.4. The number of hydrogen-bond acceptors (Lipinski definition) is 5. The molecule has 1 rings (SSSR count). The predicted octanol–water partition coefficient (Wildman–Crippen LogP) is 1.61. The van der Waals surface area contributed by atoms with Crippen molar-refractivity contribution in [2.24, 2.45) is 5.73 Å². The van der Waals surface area contributed by atoms with Gasteiger partial charge in [0.15, 0.2) is 11.5 Å². The number of carbonyl (C=O) groups excluding carboxylic acids is 1. The summed E-state index contributed by atoms with van der Waals surface area (Å²) in [7, 11) is 1.50. The van der Waals surface area contributed by atoms with Crippen molar-refractivity contribution in [2.75, 3.05) is 13.7 Å². The topological polar surface area (TPSA) is 81.8 Å². The Labute approximate surface area is 113 Å². The quantitative estimate of drug-likeness (QED) is 0.733. The van der Waals surface area contributed by atoms with E-state index in [9.17, 15) is 9.90 Å². The maximum absolute atomic E-state index is 11.2. The number of phenolic OH excluding ortho intramolecular Hbond substituents is 1. The third-order valence-corrected chi connectivity index (χ3v) is 2.77. The first-order valence-electron chi connectivity index (χ1n) is 6.33. The number of phenols is 1. The first-order chi connectivity index (χ1) is 9.06. The molecule has 5 nitrogen and oxygen atoms in total. The lowest BCUT2D eigenvalue weighted by Crippen LogP contribution is -2.24. The van der Waals surface area contributed by atoms with Crippen LogP contribution in [0.2, 0.25) is 0 Å². The van der Waals surface area contributed by atoms with E-state index in [4.69, 9.17) is 15.2 Å². The number of rotatable bonds is 7. The highest BCUT2D eigenvalue weighted by molar-refractivity contribution is 5.69. The minimum atomic E-state index is -0.226. The largest absolute Gasteiger partial charge is 0.504 e. The highest BCUT2D eigenvalue weighted by Gasteiger charge is 2.10. The molecule has 0 fully saturated rings. The summed E-state index contributed by atoms with van der Waals surface area (Å²) in [6, 6.07) is 5.03. The molecule has 0 bridgehead atoms. The normalized spacial score (nSPS) is 11.9. The maximum atomic E-state index is 11.2. The van der Waals surface area contributed by atoms with Gasteiger partial charge in [-0.1, -0.05) is 6.07 Å². The Morgan fingerprint density at radius 1 is 1.47 bits per heavy atom. The summed E-state index contributed by atoms with van der Waals surface area (Å²) in [6.07, 6.45) is 1.47. The van der Waals surface area contributed by atoms with Crippen LogP contribution >= 0.6 is 0 Å². The number of benzene rings is 1. The molecular formula is C14H21NO4. The van der Waals surface area contributed by atoms with Crippen molar-refractivity contribution in [2.45, 2.75) is 32.2 Å². The van der Waals surface area contributed by atoms with Crippen LogP contribution < -0.4 is 10.5 Å². The molecule has 0 saturated carbocycles. The van der Waals surface area contributed by atoms with Gasteiger partial charge >= 0.3 is 5.97 Å². The molecule has 0 radical (unpaired) electrons. The summed E-state index contributed by atoms with van der Waals surface area (Å²) in [5.74, 6) is 0.303. The molecule has 106 valence electrons. The van der Waals surface area contributed by atoms with Crippen LogP contribution in [-0.2, 0) is 16.0 Å². The smallest absolute Gasteiger partial charge is 0.305 e. The van der Waals surface area contributed by atoms with Crippen LogP contribution in [0.3, 0.4) is 0 Å².